The Morgan fingerprint density at radius 2 is 0.909 bits per heavy atom. The van der Waals surface area contributed by atoms with E-state index >= 15 is 0 Å². The maximum atomic E-state index is 10.9. The lowest BCUT2D eigenvalue weighted by Gasteiger charge is -2.34. The molecule has 0 bridgehead atoms. The lowest BCUT2D eigenvalue weighted by molar-refractivity contribution is 0.283. The molecule has 2 aromatic carbocycles. The van der Waals surface area contributed by atoms with Gasteiger partial charge < -0.3 is 10.2 Å². The first kappa shape index (κ1) is 28.6. The molecule has 0 saturated heterocycles. The number of hydrogen-bond acceptors (Lipinski definition) is 3. The standard InChI is InChI=1S/C28H40Br2O2S/c1-25(2,3)15-27(7,8)17-11-19(29)23(31)21(13-17)33-22-14-18(12-20(30)24(22)32)28(9,10)16-26(4,5)6/h11-14,31-32H,15-16H2,1-10H3. The third-order valence-electron chi connectivity index (χ3n) is 5.78. The molecule has 2 aromatic rings. The van der Waals surface area contributed by atoms with Crippen LogP contribution in [-0.4, -0.2) is 10.2 Å². The van der Waals surface area contributed by atoms with Gasteiger partial charge in [-0.3, -0.25) is 0 Å². The number of benzene rings is 2. The SMILES string of the molecule is CC(C)(C)CC(C)(C)c1cc(Br)c(O)c(Sc2cc(C(C)(C)CC(C)(C)C)cc(Br)c2O)c1. The van der Waals surface area contributed by atoms with Crippen LogP contribution in [0.25, 0.3) is 0 Å². The Kier molecular flexibility index (Phi) is 8.47. The summed E-state index contributed by atoms with van der Waals surface area (Å²) in [5, 5.41) is 21.7. The molecule has 0 aliphatic heterocycles. The Morgan fingerprint density at radius 1 is 0.606 bits per heavy atom. The quantitative estimate of drug-likeness (QED) is 0.347. The Bertz CT molecular complexity index is 931. The molecule has 0 aliphatic carbocycles. The Morgan fingerprint density at radius 3 is 1.18 bits per heavy atom. The van der Waals surface area contributed by atoms with Crippen LogP contribution in [0.3, 0.4) is 0 Å². The molecule has 0 aromatic heterocycles. The zero-order valence-electron chi connectivity index (χ0n) is 21.8. The average Bonchev–Trinajstić information content (AvgIpc) is 2.58. The fraction of sp³-hybridized carbons (Fsp3) is 0.571. The van der Waals surface area contributed by atoms with Crippen LogP contribution in [0, 0.1) is 10.8 Å². The van der Waals surface area contributed by atoms with Crippen molar-refractivity contribution in [2.45, 2.75) is 103 Å². The van der Waals surface area contributed by atoms with Crippen LogP contribution in [0.4, 0.5) is 0 Å². The van der Waals surface area contributed by atoms with Crippen molar-refractivity contribution in [1.29, 1.82) is 0 Å². The van der Waals surface area contributed by atoms with Gasteiger partial charge in [0.25, 0.3) is 0 Å². The molecule has 0 amide bonds. The highest BCUT2D eigenvalue weighted by molar-refractivity contribution is 9.11. The van der Waals surface area contributed by atoms with Crippen molar-refractivity contribution in [3.8, 4) is 11.5 Å². The van der Waals surface area contributed by atoms with Crippen LogP contribution in [-0.2, 0) is 10.8 Å². The normalized spacial score (nSPS) is 13.5. The molecular weight excluding hydrogens is 560 g/mol. The zero-order valence-corrected chi connectivity index (χ0v) is 25.8. The summed E-state index contributed by atoms with van der Waals surface area (Å²) in [5.74, 6) is 0.398. The van der Waals surface area contributed by atoms with Gasteiger partial charge in [0.1, 0.15) is 11.5 Å². The van der Waals surface area contributed by atoms with E-state index in [1.807, 2.05) is 12.1 Å². The minimum absolute atomic E-state index is 0.0665. The van der Waals surface area contributed by atoms with Crippen molar-refractivity contribution >= 4 is 43.6 Å². The Hall–Kier alpha value is -0.650. The lowest BCUT2D eigenvalue weighted by Crippen LogP contribution is -2.25. The smallest absolute Gasteiger partial charge is 0.143 e. The first-order valence-corrected chi connectivity index (χ1v) is 13.9. The molecule has 0 atom stereocenters. The van der Waals surface area contributed by atoms with E-state index in [9.17, 15) is 10.2 Å². The van der Waals surface area contributed by atoms with Crippen molar-refractivity contribution in [3.05, 3.63) is 44.3 Å². The van der Waals surface area contributed by atoms with E-state index < -0.39 is 0 Å². The Labute approximate surface area is 222 Å². The molecule has 0 saturated carbocycles. The minimum Gasteiger partial charge on any atom is -0.506 e. The van der Waals surface area contributed by atoms with E-state index in [0.29, 0.717) is 8.95 Å². The summed E-state index contributed by atoms with van der Waals surface area (Å²) in [6.45, 7) is 22.5. The highest BCUT2D eigenvalue weighted by Crippen LogP contribution is 2.49. The summed E-state index contributed by atoms with van der Waals surface area (Å²) in [4.78, 5) is 1.46. The predicted molar refractivity (Wildman–Crippen MR) is 150 cm³/mol. The molecule has 2 nitrogen and oxygen atoms in total. The van der Waals surface area contributed by atoms with Crippen molar-refractivity contribution < 1.29 is 10.2 Å². The molecular formula is C28H40Br2O2S. The molecule has 0 unspecified atom stereocenters. The predicted octanol–water partition coefficient (Wildman–Crippen LogP) is 10.2. The van der Waals surface area contributed by atoms with E-state index in [1.54, 1.807) is 0 Å². The second-order valence-corrected chi connectivity index (χ2v) is 15.7. The lowest BCUT2D eigenvalue weighted by atomic mass is 9.72. The summed E-state index contributed by atoms with van der Waals surface area (Å²) in [5.41, 5.74) is 2.54. The molecule has 0 radical (unpaired) electrons. The first-order chi connectivity index (χ1) is 14.7. The van der Waals surface area contributed by atoms with Crippen molar-refractivity contribution in [2.75, 3.05) is 0 Å². The number of halogens is 2. The third kappa shape index (κ3) is 7.67. The molecule has 33 heavy (non-hydrogen) atoms. The van der Waals surface area contributed by atoms with Gasteiger partial charge in [0.05, 0.1) is 18.7 Å². The van der Waals surface area contributed by atoms with Crippen LogP contribution in [0.5, 0.6) is 11.5 Å². The van der Waals surface area contributed by atoms with Gasteiger partial charge in [-0.05, 0) is 102 Å². The van der Waals surface area contributed by atoms with Crippen LogP contribution in [0.15, 0.2) is 43.0 Å². The average molecular weight is 601 g/mol. The van der Waals surface area contributed by atoms with Gasteiger partial charge in [-0.1, -0.05) is 81.0 Å². The van der Waals surface area contributed by atoms with Gasteiger partial charge in [0.2, 0.25) is 0 Å². The van der Waals surface area contributed by atoms with Gasteiger partial charge in [0.15, 0.2) is 0 Å². The van der Waals surface area contributed by atoms with E-state index in [1.165, 1.54) is 11.8 Å². The first-order valence-electron chi connectivity index (χ1n) is 11.5. The van der Waals surface area contributed by atoms with Crippen molar-refractivity contribution in [1.82, 2.24) is 0 Å². The minimum atomic E-state index is -0.0665. The summed E-state index contributed by atoms with van der Waals surface area (Å²) >= 11 is 8.52. The topological polar surface area (TPSA) is 40.5 Å². The Balaban J connectivity index is 2.55. The second kappa shape index (κ2) is 9.78. The van der Waals surface area contributed by atoms with E-state index in [-0.39, 0.29) is 33.2 Å². The van der Waals surface area contributed by atoms with Crippen LogP contribution < -0.4 is 0 Å². The number of phenols is 2. The van der Waals surface area contributed by atoms with Gasteiger partial charge in [-0.15, -0.1) is 0 Å². The van der Waals surface area contributed by atoms with Gasteiger partial charge in [-0.25, -0.2) is 0 Å². The van der Waals surface area contributed by atoms with Crippen molar-refractivity contribution in [2.24, 2.45) is 10.8 Å². The molecule has 0 aliphatic rings. The summed E-state index contributed by atoms with van der Waals surface area (Å²) < 4.78 is 1.35. The maximum absolute atomic E-state index is 10.9. The summed E-state index contributed by atoms with van der Waals surface area (Å²) in [6.07, 6.45) is 2.02. The third-order valence-corrected chi connectivity index (χ3v) is 8.06. The van der Waals surface area contributed by atoms with Crippen LogP contribution in [0.1, 0.15) is 93.2 Å². The number of rotatable bonds is 6. The maximum Gasteiger partial charge on any atom is 0.143 e. The summed E-state index contributed by atoms with van der Waals surface area (Å²) in [6, 6.07) is 8.17. The number of aromatic hydroxyl groups is 2. The molecule has 0 fully saturated rings. The monoisotopic (exact) mass is 598 g/mol. The fourth-order valence-corrected chi connectivity index (χ4v) is 7.26. The van der Waals surface area contributed by atoms with Crippen molar-refractivity contribution in [3.63, 3.8) is 0 Å². The van der Waals surface area contributed by atoms with Gasteiger partial charge >= 0.3 is 0 Å². The van der Waals surface area contributed by atoms with E-state index in [2.05, 4.69) is 113 Å². The fourth-order valence-electron chi connectivity index (χ4n) is 5.06. The molecule has 0 heterocycles. The molecule has 0 spiro atoms. The molecule has 2 rings (SSSR count). The highest BCUT2D eigenvalue weighted by Gasteiger charge is 2.31. The van der Waals surface area contributed by atoms with E-state index in [4.69, 9.17) is 0 Å². The zero-order chi connectivity index (χ0) is 25.6. The second-order valence-electron chi connectivity index (χ2n) is 13.0. The number of phenolic OH excluding ortho intramolecular Hbond substituents is 2. The van der Waals surface area contributed by atoms with Crippen LogP contribution in [0.2, 0.25) is 0 Å². The largest absolute Gasteiger partial charge is 0.506 e. The molecule has 184 valence electrons. The van der Waals surface area contributed by atoms with Gasteiger partial charge in [0, 0.05) is 0 Å². The van der Waals surface area contributed by atoms with Crippen LogP contribution >= 0.6 is 43.6 Å². The molecule has 5 heteroatoms. The van der Waals surface area contributed by atoms with Gasteiger partial charge in [-0.2, -0.15) is 0 Å². The molecule has 2 N–H and O–H groups in total. The summed E-state index contributed by atoms with van der Waals surface area (Å²) in [7, 11) is 0. The highest BCUT2D eigenvalue weighted by atomic mass is 79.9. The van der Waals surface area contributed by atoms with E-state index in [0.717, 1.165) is 33.8 Å². The number of hydrogen-bond donors (Lipinski definition) is 2.